The van der Waals surface area contributed by atoms with Gasteiger partial charge in [-0.3, -0.25) is 24.3 Å². The van der Waals surface area contributed by atoms with E-state index < -0.39 is 47.1 Å². The number of benzene rings is 3. The number of nitrogens with zero attached hydrogens (tertiary/aromatic N) is 4. The number of pyridine rings is 1. The highest BCUT2D eigenvalue weighted by Crippen LogP contribution is 2.43. The normalized spacial score (nSPS) is 17.2. The standard InChI is InChI=1S/C44H40N6O7S2/c1-3-14-35(51)55-28(2)56-42(54)38-30(23-22-29-15-13-24-46-25-29)26-58-41-37(40(53)50(38)41)48-39(52)36(34-27-59-43(45)47-34)49-57-44(31-16-7-4-8-17-31,32-18-9-5-10-19-32)33-20-11-6-12-21-33/h4-13,15-25,27-28,37,41H,3,14,26H2,1-2H3,(H2,45,47)(H,48,52)/b23-22-,49-36+/t28?,37-,41-/m1/s1. The number of amides is 2. The fraction of sp³-hybridized carbons (Fsp3) is 0.205. The Labute approximate surface area is 349 Å². The SMILES string of the molecule is CCCC(=O)OC(C)OC(=O)C1=C(/C=C\c2cccnc2)CS[C@@H]2[C@H](NC(=O)/C(=N/OC(c3ccccc3)(c3ccccc3)c3ccccc3)c3csc(N)n3)C(=O)N12. The van der Waals surface area contributed by atoms with E-state index in [1.54, 1.807) is 36.0 Å². The second-order valence-corrected chi connectivity index (χ2v) is 15.4. The number of carbonyl (C=O) groups excluding carboxylic acids is 4. The fourth-order valence-corrected chi connectivity index (χ4v) is 8.58. The zero-order valence-corrected chi connectivity index (χ0v) is 33.7. The molecule has 2 aromatic heterocycles. The molecule has 59 heavy (non-hydrogen) atoms. The Balaban J connectivity index is 1.21. The zero-order chi connectivity index (χ0) is 41.4. The first-order valence-corrected chi connectivity index (χ1v) is 20.7. The van der Waals surface area contributed by atoms with Gasteiger partial charge >= 0.3 is 11.9 Å². The van der Waals surface area contributed by atoms with Gasteiger partial charge in [0.05, 0.1) is 0 Å². The summed E-state index contributed by atoms with van der Waals surface area (Å²) in [6, 6.07) is 31.1. The van der Waals surface area contributed by atoms with E-state index in [1.807, 2.05) is 104 Å². The van der Waals surface area contributed by atoms with Crippen molar-refractivity contribution in [3.05, 3.63) is 166 Å². The summed E-state index contributed by atoms with van der Waals surface area (Å²) < 4.78 is 10.8. The quantitative estimate of drug-likeness (QED) is 0.0297. The second kappa shape index (κ2) is 18.3. The third-order valence-electron chi connectivity index (χ3n) is 9.46. The van der Waals surface area contributed by atoms with Crippen molar-refractivity contribution in [1.82, 2.24) is 20.2 Å². The number of esters is 2. The molecule has 2 amide bonds. The summed E-state index contributed by atoms with van der Waals surface area (Å²) in [5.74, 6) is -2.40. The van der Waals surface area contributed by atoms with Gasteiger partial charge in [-0.1, -0.05) is 121 Å². The lowest BCUT2D eigenvalue weighted by Crippen LogP contribution is -2.71. The average molecular weight is 829 g/mol. The van der Waals surface area contributed by atoms with Gasteiger partial charge in [0.2, 0.25) is 11.9 Å². The third kappa shape index (κ3) is 8.81. The predicted octanol–water partition coefficient (Wildman–Crippen LogP) is 6.43. The van der Waals surface area contributed by atoms with E-state index in [-0.39, 0.29) is 34.4 Å². The van der Waals surface area contributed by atoms with Crippen LogP contribution in [0.15, 0.2) is 143 Å². The van der Waals surface area contributed by atoms with Gasteiger partial charge in [-0.2, -0.15) is 0 Å². The Morgan fingerprint density at radius 2 is 1.59 bits per heavy atom. The molecular formula is C44H40N6O7S2. The van der Waals surface area contributed by atoms with Crippen LogP contribution in [0.5, 0.6) is 0 Å². The highest BCUT2D eigenvalue weighted by atomic mass is 32.2. The average Bonchev–Trinajstić information content (AvgIpc) is 3.69. The molecular weight excluding hydrogens is 789 g/mol. The molecule has 2 aliphatic rings. The zero-order valence-electron chi connectivity index (χ0n) is 32.1. The van der Waals surface area contributed by atoms with Crippen LogP contribution in [0, 0.1) is 0 Å². The molecule has 15 heteroatoms. The van der Waals surface area contributed by atoms with Gasteiger partial charge in [0.1, 0.15) is 22.8 Å². The van der Waals surface area contributed by atoms with Crippen LogP contribution < -0.4 is 11.1 Å². The lowest BCUT2D eigenvalue weighted by molar-refractivity contribution is -0.184. The number of ether oxygens (including phenoxy) is 2. The summed E-state index contributed by atoms with van der Waals surface area (Å²) in [6.45, 7) is 3.26. The summed E-state index contributed by atoms with van der Waals surface area (Å²) in [5, 5.41) is 8.48. The molecule has 4 heterocycles. The molecule has 300 valence electrons. The largest absolute Gasteiger partial charge is 0.425 e. The minimum absolute atomic E-state index is 0.0226. The van der Waals surface area contributed by atoms with Gasteiger partial charge in [-0.05, 0) is 23.6 Å². The van der Waals surface area contributed by atoms with E-state index in [0.717, 1.165) is 33.6 Å². The highest BCUT2D eigenvalue weighted by molar-refractivity contribution is 8.00. The van der Waals surface area contributed by atoms with Crippen molar-refractivity contribution in [2.75, 3.05) is 11.5 Å². The van der Waals surface area contributed by atoms with Gasteiger partial charge in [-0.25, -0.2) is 9.78 Å². The van der Waals surface area contributed by atoms with E-state index in [1.165, 1.54) is 23.6 Å². The number of rotatable bonds is 15. The number of oxime groups is 1. The Morgan fingerprint density at radius 1 is 0.949 bits per heavy atom. The minimum atomic E-state index is -1.32. The van der Waals surface area contributed by atoms with Crippen molar-refractivity contribution >= 4 is 63.8 Å². The number of aromatic nitrogens is 2. The molecule has 3 atom stereocenters. The minimum Gasteiger partial charge on any atom is -0.425 e. The maximum Gasteiger partial charge on any atom is 0.358 e. The van der Waals surface area contributed by atoms with Crippen LogP contribution in [-0.2, 0) is 39.1 Å². The number of nitrogen functional groups attached to an aromatic ring is 1. The lowest BCUT2D eigenvalue weighted by Gasteiger charge is -2.49. The first-order valence-electron chi connectivity index (χ1n) is 18.8. The smallest absolute Gasteiger partial charge is 0.358 e. The Kier molecular flexibility index (Phi) is 12.6. The van der Waals surface area contributed by atoms with Gasteiger partial charge in [0.15, 0.2) is 10.8 Å². The van der Waals surface area contributed by atoms with Crippen LogP contribution in [0.2, 0.25) is 0 Å². The van der Waals surface area contributed by atoms with Crippen LogP contribution in [0.1, 0.15) is 54.6 Å². The molecule has 5 aromatic rings. The van der Waals surface area contributed by atoms with Gasteiger partial charge < -0.3 is 25.4 Å². The molecule has 1 fully saturated rings. The lowest BCUT2D eigenvalue weighted by atomic mass is 9.80. The number of allylic oxidation sites excluding steroid dienone is 1. The molecule has 3 N–H and O–H groups in total. The number of hydrogen-bond donors (Lipinski definition) is 2. The van der Waals surface area contributed by atoms with E-state index in [9.17, 15) is 19.2 Å². The van der Waals surface area contributed by atoms with Gasteiger partial charge in [0, 0.05) is 53.6 Å². The number of hydrogen-bond acceptors (Lipinski definition) is 13. The molecule has 0 bridgehead atoms. The van der Waals surface area contributed by atoms with Crippen LogP contribution in [0.3, 0.4) is 0 Å². The summed E-state index contributed by atoms with van der Waals surface area (Å²) in [6.07, 6.45) is 6.30. The molecule has 0 spiro atoms. The van der Waals surface area contributed by atoms with Crippen LogP contribution >= 0.6 is 23.1 Å². The maximum atomic E-state index is 14.4. The summed E-state index contributed by atoms with van der Waals surface area (Å²) in [4.78, 5) is 70.9. The summed E-state index contributed by atoms with van der Waals surface area (Å²) >= 11 is 2.48. The van der Waals surface area contributed by atoms with Crippen molar-refractivity contribution in [3.63, 3.8) is 0 Å². The van der Waals surface area contributed by atoms with Crippen molar-refractivity contribution < 1.29 is 33.5 Å². The summed E-state index contributed by atoms with van der Waals surface area (Å²) in [7, 11) is 0. The molecule has 3 aromatic carbocycles. The third-order valence-corrected chi connectivity index (χ3v) is 11.4. The van der Waals surface area contributed by atoms with Crippen LogP contribution in [0.25, 0.3) is 6.08 Å². The van der Waals surface area contributed by atoms with Gasteiger partial charge in [-0.15, -0.1) is 23.1 Å². The van der Waals surface area contributed by atoms with E-state index in [4.69, 9.17) is 20.0 Å². The maximum absolute atomic E-state index is 14.4. The molecule has 1 saturated heterocycles. The monoisotopic (exact) mass is 828 g/mol. The van der Waals surface area contributed by atoms with Crippen molar-refractivity contribution in [2.45, 2.75) is 50.0 Å². The van der Waals surface area contributed by atoms with Crippen molar-refractivity contribution in [1.29, 1.82) is 0 Å². The molecule has 0 saturated carbocycles. The Hall–Kier alpha value is -6.58. The molecule has 0 aliphatic carbocycles. The van der Waals surface area contributed by atoms with Crippen molar-refractivity contribution in [3.8, 4) is 0 Å². The van der Waals surface area contributed by atoms with E-state index in [2.05, 4.69) is 20.4 Å². The summed E-state index contributed by atoms with van der Waals surface area (Å²) in [5.41, 5.74) is 8.15. The number of anilines is 1. The number of fused-ring (bicyclic) bond motifs is 1. The topological polar surface area (TPSA) is 175 Å². The molecule has 1 unspecified atom stereocenters. The molecule has 7 rings (SSSR count). The molecule has 13 nitrogen and oxygen atoms in total. The van der Waals surface area contributed by atoms with Crippen molar-refractivity contribution in [2.24, 2.45) is 5.16 Å². The highest BCUT2D eigenvalue weighted by Gasteiger charge is 2.55. The van der Waals surface area contributed by atoms with Gasteiger partial charge in [0.25, 0.3) is 11.8 Å². The molecule has 0 radical (unpaired) electrons. The number of thioether (sulfide) groups is 1. The number of nitrogens with one attached hydrogen (secondary N) is 1. The number of nitrogens with two attached hydrogens (primary N) is 1. The first kappa shape index (κ1) is 40.6. The number of β-lactam (4-membered cyclic amide) rings is 1. The van der Waals surface area contributed by atoms with Crippen LogP contribution in [-0.4, -0.2) is 67.8 Å². The van der Waals surface area contributed by atoms with E-state index >= 15 is 0 Å². The number of thiazole rings is 1. The first-order chi connectivity index (χ1) is 28.7. The van der Waals surface area contributed by atoms with E-state index in [0.29, 0.717) is 12.0 Å². The predicted molar refractivity (Wildman–Crippen MR) is 225 cm³/mol. The Morgan fingerprint density at radius 3 is 2.15 bits per heavy atom. The Bertz CT molecular complexity index is 2290. The molecule has 2 aliphatic heterocycles. The fourth-order valence-electron chi connectivity index (χ4n) is 6.71. The second-order valence-electron chi connectivity index (χ2n) is 13.4. The van der Waals surface area contributed by atoms with Crippen LogP contribution in [0.4, 0.5) is 5.13 Å². The number of carbonyl (C=O) groups is 4.